The molecule has 0 radical (unpaired) electrons. The Morgan fingerprint density at radius 1 is 1.23 bits per heavy atom. The SMILES string of the molecule is CCNc1cc(OC)cc(OC)c1.O=S(=O)(O)CC(O)[CH2][Na]. The summed E-state index contributed by atoms with van der Waals surface area (Å²) in [6.07, 6.45) is -0.883. The van der Waals surface area contributed by atoms with Gasteiger partial charge in [0.1, 0.15) is 11.5 Å². The number of aliphatic hydroxyl groups excluding tert-OH is 1. The Balaban J connectivity index is 0.000000433. The molecule has 22 heavy (non-hydrogen) atoms. The molecular weight excluding hydrogens is 321 g/mol. The Morgan fingerprint density at radius 2 is 1.73 bits per heavy atom. The Morgan fingerprint density at radius 3 is 2.00 bits per heavy atom. The second kappa shape index (κ2) is 11.1. The molecule has 0 saturated heterocycles. The number of rotatable bonds is 7. The van der Waals surface area contributed by atoms with Crippen LogP contribution in [0.4, 0.5) is 5.69 Å². The van der Waals surface area contributed by atoms with E-state index in [-0.39, 0.29) is 0 Å². The van der Waals surface area contributed by atoms with Crippen LogP contribution in [-0.4, -0.2) is 78.6 Å². The van der Waals surface area contributed by atoms with Crippen molar-refractivity contribution in [2.24, 2.45) is 0 Å². The van der Waals surface area contributed by atoms with E-state index in [0.717, 1.165) is 51.7 Å². The summed E-state index contributed by atoms with van der Waals surface area (Å²) in [4.78, 5) is 0. The zero-order valence-electron chi connectivity index (χ0n) is 13.4. The maximum atomic E-state index is 10.0. The van der Waals surface area contributed by atoms with Crippen LogP contribution in [-0.2, 0) is 10.1 Å². The van der Waals surface area contributed by atoms with Crippen LogP contribution in [0.15, 0.2) is 18.2 Å². The standard InChI is InChI=1S/C10H15NO2.C3H7O4S.Na/c1-4-11-8-5-9(12-2)7-10(6-8)13-3;1-3(4)2-8(5,6)7;/h5-7,11H,4H2,1-3H3;3-4H,1-2H2,(H,5,6,7);. The molecule has 0 aliphatic carbocycles. The Hall–Kier alpha value is -0.510. The second-order valence-corrected chi connectivity index (χ2v) is 6.76. The third kappa shape index (κ3) is 10.3. The van der Waals surface area contributed by atoms with Crippen molar-refractivity contribution < 1.29 is 27.6 Å². The summed E-state index contributed by atoms with van der Waals surface area (Å²) in [5.41, 5.74) is 1.01. The van der Waals surface area contributed by atoms with Crippen LogP contribution in [0.1, 0.15) is 6.92 Å². The zero-order valence-corrected chi connectivity index (χ0v) is 16.2. The van der Waals surface area contributed by atoms with Crippen molar-refractivity contribution in [3.8, 4) is 11.5 Å². The molecular formula is C13H22NNaO6S. The summed E-state index contributed by atoms with van der Waals surface area (Å²) < 4.78 is 38.9. The molecule has 1 unspecified atom stereocenters. The van der Waals surface area contributed by atoms with Crippen molar-refractivity contribution in [2.45, 2.75) is 16.7 Å². The fourth-order valence-electron chi connectivity index (χ4n) is 1.47. The summed E-state index contributed by atoms with van der Waals surface area (Å²) in [6, 6.07) is 5.72. The van der Waals surface area contributed by atoms with E-state index in [1.165, 1.54) is 0 Å². The third-order valence-electron chi connectivity index (χ3n) is 2.61. The van der Waals surface area contributed by atoms with Gasteiger partial charge in [0, 0.05) is 30.4 Å². The van der Waals surface area contributed by atoms with E-state index in [9.17, 15) is 8.42 Å². The number of benzene rings is 1. The van der Waals surface area contributed by atoms with E-state index in [1.54, 1.807) is 14.2 Å². The molecule has 9 heteroatoms. The monoisotopic (exact) mass is 343 g/mol. The van der Waals surface area contributed by atoms with Gasteiger partial charge < -0.3 is 14.8 Å². The third-order valence-corrected chi connectivity index (χ3v) is 4.36. The summed E-state index contributed by atoms with van der Waals surface area (Å²) in [5.74, 6) is 1.07. The van der Waals surface area contributed by atoms with Gasteiger partial charge in [-0.3, -0.25) is 0 Å². The predicted molar refractivity (Wildman–Crippen MR) is 86.7 cm³/mol. The fraction of sp³-hybridized carbons (Fsp3) is 0.538. The Bertz CT molecular complexity index is 515. The fourth-order valence-corrected chi connectivity index (χ4v) is 2.90. The molecule has 1 atom stereocenters. The summed E-state index contributed by atoms with van der Waals surface area (Å²) in [6.45, 7) is 2.93. The van der Waals surface area contributed by atoms with Crippen molar-refractivity contribution in [1.82, 2.24) is 0 Å². The van der Waals surface area contributed by atoms with Gasteiger partial charge >= 0.3 is 71.7 Å². The van der Waals surface area contributed by atoms with Crippen LogP contribution in [0.2, 0.25) is 3.67 Å². The van der Waals surface area contributed by atoms with Crippen molar-refractivity contribution in [2.75, 3.05) is 31.8 Å². The molecule has 1 aromatic carbocycles. The van der Waals surface area contributed by atoms with E-state index < -0.39 is 22.0 Å². The Kier molecular flexibility index (Phi) is 10.8. The van der Waals surface area contributed by atoms with Crippen molar-refractivity contribution in [3.63, 3.8) is 0 Å². The molecule has 0 aliphatic heterocycles. The van der Waals surface area contributed by atoms with Gasteiger partial charge in [0.15, 0.2) is 0 Å². The molecule has 0 bridgehead atoms. The molecule has 3 N–H and O–H groups in total. The normalized spacial score (nSPS) is 12.0. The maximum absolute atomic E-state index is 10.0. The van der Waals surface area contributed by atoms with E-state index in [4.69, 9.17) is 19.1 Å². The molecule has 0 fully saturated rings. The van der Waals surface area contributed by atoms with Gasteiger partial charge in [0.05, 0.1) is 14.2 Å². The molecule has 0 spiro atoms. The molecule has 0 saturated carbocycles. The molecule has 0 aromatic heterocycles. The number of anilines is 1. The molecule has 1 aromatic rings. The second-order valence-electron chi connectivity index (χ2n) is 4.44. The topological polar surface area (TPSA) is 105 Å². The zero-order chi connectivity index (χ0) is 17.2. The van der Waals surface area contributed by atoms with E-state index >= 15 is 0 Å². The van der Waals surface area contributed by atoms with Crippen molar-refractivity contribution in [3.05, 3.63) is 18.2 Å². The van der Waals surface area contributed by atoms with Crippen LogP contribution < -0.4 is 14.8 Å². The van der Waals surface area contributed by atoms with Gasteiger partial charge in [-0.15, -0.1) is 0 Å². The first kappa shape index (κ1) is 21.5. The molecule has 7 nitrogen and oxygen atoms in total. The molecule has 0 aliphatic rings. The van der Waals surface area contributed by atoms with E-state index in [0.29, 0.717) is 3.67 Å². The van der Waals surface area contributed by atoms with E-state index in [2.05, 4.69) is 5.32 Å². The Labute approximate surface area is 149 Å². The number of aliphatic hydroxyl groups is 1. The van der Waals surface area contributed by atoms with E-state index in [1.807, 2.05) is 25.1 Å². The first-order valence-corrected chi connectivity index (χ1v) is 9.88. The van der Waals surface area contributed by atoms with Crippen LogP contribution in [0.3, 0.4) is 0 Å². The van der Waals surface area contributed by atoms with Crippen LogP contribution in [0.25, 0.3) is 0 Å². The average Bonchev–Trinajstić information content (AvgIpc) is 2.46. The number of hydrogen-bond donors (Lipinski definition) is 3. The first-order valence-electron chi connectivity index (χ1n) is 6.85. The van der Waals surface area contributed by atoms with Crippen LogP contribution >= 0.6 is 0 Å². The minimum atomic E-state index is -3.96. The van der Waals surface area contributed by atoms with Gasteiger partial charge in [0.25, 0.3) is 0 Å². The molecule has 0 amide bonds. The number of nitrogens with one attached hydrogen (secondary N) is 1. The van der Waals surface area contributed by atoms with Gasteiger partial charge in [0.2, 0.25) is 0 Å². The quantitative estimate of drug-likeness (QED) is 0.500. The first-order chi connectivity index (χ1) is 10.3. The molecule has 122 valence electrons. The van der Waals surface area contributed by atoms with Crippen LogP contribution in [0, 0.1) is 0 Å². The molecule has 1 rings (SSSR count). The number of ether oxygens (including phenoxy) is 2. The van der Waals surface area contributed by atoms with Gasteiger partial charge in [-0.2, -0.15) is 0 Å². The summed E-state index contributed by atoms with van der Waals surface area (Å²) in [7, 11) is -0.677. The number of hydrogen-bond acceptors (Lipinski definition) is 6. The summed E-state index contributed by atoms with van der Waals surface area (Å²) in [5, 5.41) is 11.9. The molecule has 0 heterocycles. The van der Waals surface area contributed by atoms with Crippen LogP contribution in [0.5, 0.6) is 11.5 Å². The van der Waals surface area contributed by atoms with Gasteiger partial charge in [-0.1, -0.05) is 0 Å². The average molecular weight is 343 g/mol. The van der Waals surface area contributed by atoms with Gasteiger partial charge in [-0.25, -0.2) is 0 Å². The minimum absolute atomic E-state index is 0.472. The number of methoxy groups -OCH3 is 2. The predicted octanol–water partition coefficient (Wildman–Crippen LogP) is 0.957. The van der Waals surface area contributed by atoms with Gasteiger partial charge in [-0.05, 0) is 6.92 Å². The van der Waals surface area contributed by atoms with Crippen molar-refractivity contribution in [1.29, 1.82) is 0 Å². The van der Waals surface area contributed by atoms with Crippen molar-refractivity contribution >= 4 is 43.7 Å². The summed E-state index contributed by atoms with van der Waals surface area (Å²) >= 11 is 0.741.